The second-order valence-electron chi connectivity index (χ2n) is 4.94. The van der Waals surface area contributed by atoms with Gasteiger partial charge in [0, 0.05) is 15.6 Å². The Bertz CT molecular complexity index is 588. The third kappa shape index (κ3) is 4.97. The maximum absolute atomic E-state index is 6.06. The molecule has 0 atom stereocenters. The zero-order chi connectivity index (χ0) is 14.5. The van der Waals surface area contributed by atoms with Crippen LogP contribution in [0, 0.1) is 5.92 Å². The molecule has 0 aliphatic rings. The van der Waals surface area contributed by atoms with Crippen LogP contribution in [0.4, 0.5) is 0 Å². The molecule has 1 aromatic carbocycles. The summed E-state index contributed by atoms with van der Waals surface area (Å²) in [6.45, 7) is 4.33. The van der Waals surface area contributed by atoms with Crippen LogP contribution in [0.1, 0.15) is 25.4 Å². The van der Waals surface area contributed by atoms with Crippen molar-refractivity contribution in [3.63, 3.8) is 0 Å². The highest BCUT2D eigenvalue weighted by Gasteiger charge is 2.06. The van der Waals surface area contributed by atoms with Gasteiger partial charge in [-0.25, -0.2) is 9.97 Å². The van der Waals surface area contributed by atoms with Gasteiger partial charge in [-0.3, -0.25) is 0 Å². The minimum Gasteiger partial charge on any atom is -0.237 e. The highest BCUT2D eigenvalue weighted by molar-refractivity contribution is 7.98. The molecule has 106 valence electrons. The Labute approximate surface area is 133 Å². The summed E-state index contributed by atoms with van der Waals surface area (Å²) in [4.78, 5) is 9.94. The summed E-state index contributed by atoms with van der Waals surface area (Å²) < 4.78 is 0. The lowest BCUT2D eigenvalue weighted by Crippen LogP contribution is -2.02. The van der Waals surface area contributed by atoms with E-state index in [0.717, 1.165) is 27.9 Å². The van der Waals surface area contributed by atoms with Gasteiger partial charge in [0.15, 0.2) is 0 Å². The van der Waals surface area contributed by atoms with Gasteiger partial charge in [0.05, 0.1) is 5.75 Å². The van der Waals surface area contributed by atoms with Gasteiger partial charge in [-0.2, -0.15) is 0 Å². The standard InChI is InChI=1S/C15H16Cl2N2S/c1-10(2)6-12-8-14(17)19-15(18-12)9-20-13-5-3-4-11(16)7-13/h3-5,7-8,10H,6,9H2,1-2H3. The van der Waals surface area contributed by atoms with E-state index in [1.807, 2.05) is 30.3 Å². The van der Waals surface area contributed by atoms with E-state index in [1.165, 1.54) is 0 Å². The maximum atomic E-state index is 6.06. The predicted octanol–water partition coefficient (Wildman–Crippen LogP) is 5.27. The number of benzene rings is 1. The van der Waals surface area contributed by atoms with E-state index in [-0.39, 0.29) is 0 Å². The monoisotopic (exact) mass is 326 g/mol. The lowest BCUT2D eigenvalue weighted by molar-refractivity contribution is 0.632. The van der Waals surface area contributed by atoms with Crippen LogP contribution in [-0.4, -0.2) is 9.97 Å². The normalized spacial score (nSPS) is 11.1. The molecule has 0 bridgehead atoms. The second kappa shape index (κ2) is 7.30. The van der Waals surface area contributed by atoms with Crippen LogP contribution in [0.5, 0.6) is 0 Å². The molecule has 0 fully saturated rings. The van der Waals surface area contributed by atoms with Gasteiger partial charge in [0.25, 0.3) is 0 Å². The van der Waals surface area contributed by atoms with Crippen molar-refractivity contribution < 1.29 is 0 Å². The molecule has 5 heteroatoms. The van der Waals surface area contributed by atoms with E-state index in [4.69, 9.17) is 23.2 Å². The van der Waals surface area contributed by atoms with E-state index in [1.54, 1.807) is 11.8 Å². The van der Waals surface area contributed by atoms with Crippen LogP contribution >= 0.6 is 35.0 Å². The van der Waals surface area contributed by atoms with Gasteiger partial charge in [0.2, 0.25) is 0 Å². The molecule has 0 saturated heterocycles. The van der Waals surface area contributed by atoms with Crippen LogP contribution < -0.4 is 0 Å². The molecule has 20 heavy (non-hydrogen) atoms. The number of halogens is 2. The average Bonchev–Trinajstić information content (AvgIpc) is 2.35. The minimum atomic E-state index is 0.511. The third-order valence-electron chi connectivity index (χ3n) is 2.58. The summed E-state index contributed by atoms with van der Waals surface area (Å²) >= 11 is 13.7. The summed E-state index contributed by atoms with van der Waals surface area (Å²) in [5, 5.41) is 1.25. The van der Waals surface area contributed by atoms with Gasteiger partial charge in [-0.05, 0) is 36.6 Å². The smallest absolute Gasteiger partial charge is 0.140 e. The molecule has 2 nitrogen and oxygen atoms in total. The second-order valence-corrected chi connectivity index (χ2v) is 6.81. The molecule has 0 saturated carbocycles. The van der Waals surface area contributed by atoms with Crippen molar-refractivity contribution in [2.45, 2.75) is 30.9 Å². The topological polar surface area (TPSA) is 25.8 Å². The van der Waals surface area contributed by atoms with Crippen molar-refractivity contribution in [2.75, 3.05) is 0 Å². The Morgan fingerprint density at radius 3 is 2.65 bits per heavy atom. The Kier molecular flexibility index (Phi) is 5.70. The largest absolute Gasteiger partial charge is 0.237 e. The first kappa shape index (κ1) is 15.6. The van der Waals surface area contributed by atoms with Crippen LogP contribution in [0.3, 0.4) is 0 Å². The van der Waals surface area contributed by atoms with Crippen LogP contribution in [0.2, 0.25) is 10.2 Å². The number of hydrogen-bond acceptors (Lipinski definition) is 3. The molecule has 1 aromatic heterocycles. The average molecular weight is 327 g/mol. The summed E-state index contributed by atoms with van der Waals surface area (Å²) in [6, 6.07) is 9.60. The quantitative estimate of drug-likeness (QED) is 0.552. The first-order valence-electron chi connectivity index (χ1n) is 6.43. The highest BCUT2D eigenvalue weighted by Crippen LogP contribution is 2.24. The van der Waals surface area contributed by atoms with Crippen LogP contribution in [0.15, 0.2) is 35.2 Å². The Balaban J connectivity index is 2.07. The van der Waals surface area contributed by atoms with Gasteiger partial charge in [-0.1, -0.05) is 43.1 Å². The molecule has 0 amide bonds. The Hall–Kier alpha value is -0.770. The minimum absolute atomic E-state index is 0.511. The van der Waals surface area contributed by atoms with Gasteiger partial charge >= 0.3 is 0 Å². The number of thioether (sulfide) groups is 1. The number of aromatic nitrogens is 2. The van der Waals surface area contributed by atoms with Crippen molar-refractivity contribution >= 4 is 35.0 Å². The SMILES string of the molecule is CC(C)Cc1cc(Cl)nc(CSc2cccc(Cl)c2)n1. The van der Waals surface area contributed by atoms with Crippen molar-refractivity contribution in [1.29, 1.82) is 0 Å². The van der Waals surface area contributed by atoms with Gasteiger partial charge in [-0.15, -0.1) is 11.8 Å². The molecule has 0 N–H and O–H groups in total. The molecule has 0 aliphatic heterocycles. The molecule has 0 radical (unpaired) electrons. The summed E-state index contributed by atoms with van der Waals surface area (Å²) in [7, 11) is 0. The summed E-state index contributed by atoms with van der Waals surface area (Å²) in [6.07, 6.45) is 0.914. The van der Waals surface area contributed by atoms with E-state index in [0.29, 0.717) is 16.8 Å². The number of nitrogens with zero attached hydrogens (tertiary/aromatic N) is 2. The van der Waals surface area contributed by atoms with E-state index in [9.17, 15) is 0 Å². The van der Waals surface area contributed by atoms with Crippen molar-refractivity contribution in [3.05, 3.63) is 52.0 Å². The maximum Gasteiger partial charge on any atom is 0.140 e. The third-order valence-corrected chi connectivity index (χ3v) is 3.99. The molecule has 2 aromatic rings. The fourth-order valence-electron chi connectivity index (χ4n) is 1.81. The molecule has 2 rings (SSSR count). The zero-order valence-electron chi connectivity index (χ0n) is 11.4. The fourth-order valence-corrected chi connectivity index (χ4v) is 3.10. The Morgan fingerprint density at radius 2 is 1.95 bits per heavy atom. The molecule has 0 aliphatic carbocycles. The highest BCUT2D eigenvalue weighted by atomic mass is 35.5. The first-order chi connectivity index (χ1) is 9.52. The lowest BCUT2D eigenvalue weighted by Gasteiger charge is -2.07. The fraction of sp³-hybridized carbons (Fsp3) is 0.333. The van der Waals surface area contributed by atoms with E-state index < -0.39 is 0 Å². The number of hydrogen-bond donors (Lipinski definition) is 0. The van der Waals surface area contributed by atoms with E-state index in [2.05, 4.69) is 23.8 Å². The van der Waals surface area contributed by atoms with Crippen molar-refractivity contribution in [3.8, 4) is 0 Å². The van der Waals surface area contributed by atoms with Crippen LogP contribution in [-0.2, 0) is 12.2 Å². The van der Waals surface area contributed by atoms with E-state index >= 15 is 0 Å². The summed E-state index contributed by atoms with van der Waals surface area (Å²) in [5.74, 6) is 2.00. The molecule has 0 spiro atoms. The molecule has 0 unspecified atom stereocenters. The molecular weight excluding hydrogens is 311 g/mol. The Morgan fingerprint density at radius 1 is 1.15 bits per heavy atom. The predicted molar refractivity (Wildman–Crippen MR) is 86.6 cm³/mol. The first-order valence-corrected chi connectivity index (χ1v) is 8.18. The van der Waals surface area contributed by atoms with Crippen molar-refractivity contribution in [2.24, 2.45) is 5.92 Å². The van der Waals surface area contributed by atoms with Crippen LogP contribution in [0.25, 0.3) is 0 Å². The van der Waals surface area contributed by atoms with Crippen molar-refractivity contribution in [1.82, 2.24) is 9.97 Å². The number of rotatable bonds is 5. The zero-order valence-corrected chi connectivity index (χ0v) is 13.8. The van der Waals surface area contributed by atoms with Gasteiger partial charge < -0.3 is 0 Å². The molecular formula is C15H16Cl2N2S. The lowest BCUT2D eigenvalue weighted by atomic mass is 10.1. The molecule has 1 heterocycles. The van der Waals surface area contributed by atoms with Gasteiger partial charge in [0.1, 0.15) is 11.0 Å². The summed E-state index contributed by atoms with van der Waals surface area (Å²) in [5.41, 5.74) is 1.00.